The van der Waals surface area contributed by atoms with E-state index in [4.69, 9.17) is 24.4 Å². The fraction of sp³-hybridized carbons (Fsp3) is 0.158. The van der Waals surface area contributed by atoms with Crippen molar-refractivity contribution >= 4 is 34.6 Å². The van der Waals surface area contributed by atoms with Crippen LogP contribution in [0, 0.1) is 5.41 Å². The Morgan fingerprint density at radius 3 is 2.50 bits per heavy atom. The number of nitrogens with one attached hydrogen (secondary N) is 1. The first kappa shape index (κ1) is 18.1. The number of phenols is 1. The van der Waals surface area contributed by atoms with E-state index in [1.54, 1.807) is 36.4 Å². The molecule has 0 atom stereocenters. The zero-order chi connectivity index (χ0) is 19.8. The Morgan fingerprint density at radius 1 is 1.14 bits per heavy atom. The van der Waals surface area contributed by atoms with Crippen LogP contribution in [0.4, 0.5) is 5.69 Å². The van der Waals surface area contributed by atoms with Crippen molar-refractivity contribution < 1.29 is 28.8 Å². The number of carbonyl (C=O) groups excluding carboxylic acids is 1. The summed E-state index contributed by atoms with van der Waals surface area (Å²) in [6, 6.07) is 8.26. The highest BCUT2D eigenvalue weighted by atomic mass is 32.2. The number of hydrogen-bond acceptors (Lipinski definition) is 8. The van der Waals surface area contributed by atoms with E-state index in [9.17, 15) is 9.90 Å². The topological polar surface area (TPSA) is 101 Å². The number of aromatic hydroxyl groups is 1. The maximum absolute atomic E-state index is 12.9. The molecule has 0 radical (unpaired) electrons. The van der Waals surface area contributed by atoms with Crippen molar-refractivity contribution in [1.29, 1.82) is 5.41 Å². The van der Waals surface area contributed by atoms with Crippen LogP contribution in [-0.4, -0.2) is 37.2 Å². The molecule has 0 spiro atoms. The van der Waals surface area contributed by atoms with Gasteiger partial charge in [-0.15, -0.1) is 0 Å². The third-order valence-corrected chi connectivity index (χ3v) is 5.13. The van der Waals surface area contributed by atoms with Crippen molar-refractivity contribution in [3.8, 4) is 28.7 Å². The third-order valence-electron chi connectivity index (χ3n) is 4.24. The van der Waals surface area contributed by atoms with Crippen molar-refractivity contribution in [2.24, 2.45) is 0 Å². The molecule has 2 aliphatic heterocycles. The molecule has 2 N–H and O–H groups in total. The lowest BCUT2D eigenvalue weighted by atomic mass is 10.1. The summed E-state index contributed by atoms with van der Waals surface area (Å²) in [6.45, 7) is 0.134. The summed E-state index contributed by atoms with van der Waals surface area (Å²) in [6.07, 6.45) is 1.62. The molecule has 2 aromatic rings. The number of anilines is 1. The van der Waals surface area contributed by atoms with Gasteiger partial charge in [0.15, 0.2) is 28.2 Å². The van der Waals surface area contributed by atoms with Gasteiger partial charge in [-0.1, -0.05) is 0 Å². The van der Waals surface area contributed by atoms with Crippen LogP contribution in [0.3, 0.4) is 0 Å². The monoisotopic (exact) mass is 400 g/mol. The van der Waals surface area contributed by atoms with Gasteiger partial charge in [-0.3, -0.25) is 15.1 Å². The normalized spacial score (nSPS) is 16.8. The fourth-order valence-electron chi connectivity index (χ4n) is 2.89. The van der Waals surface area contributed by atoms with Gasteiger partial charge in [-0.2, -0.15) is 0 Å². The molecule has 0 aliphatic carbocycles. The van der Waals surface area contributed by atoms with Gasteiger partial charge in [0, 0.05) is 6.07 Å². The lowest BCUT2D eigenvalue weighted by Crippen LogP contribution is -2.28. The number of methoxy groups -OCH3 is 2. The van der Waals surface area contributed by atoms with Crippen LogP contribution in [0.25, 0.3) is 6.08 Å². The molecule has 8 nitrogen and oxygen atoms in total. The van der Waals surface area contributed by atoms with Gasteiger partial charge in [0.2, 0.25) is 12.5 Å². The van der Waals surface area contributed by atoms with Gasteiger partial charge in [-0.25, -0.2) is 0 Å². The minimum absolute atomic E-state index is 0.0767. The number of nitrogens with zero attached hydrogens (tertiary/aromatic N) is 1. The highest BCUT2D eigenvalue weighted by Crippen LogP contribution is 2.42. The van der Waals surface area contributed by atoms with Gasteiger partial charge in [-0.05, 0) is 47.7 Å². The quantitative estimate of drug-likeness (QED) is 0.760. The Hall–Kier alpha value is -3.33. The molecule has 0 saturated carbocycles. The Kier molecular flexibility index (Phi) is 4.52. The second-order valence-corrected chi connectivity index (χ2v) is 6.90. The molecule has 9 heteroatoms. The SMILES string of the molecule is COc1cc(/C=C2/SC(=N)N(c3ccc4c(c3)OCO4)C2=O)cc(OC)c1O. The minimum Gasteiger partial charge on any atom is -0.502 e. The Morgan fingerprint density at radius 2 is 1.82 bits per heavy atom. The molecule has 1 amide bonds. The molecule has 28 heavy (non-hydrogen) atoms. The Balaban J connectivity index is 1.67. The van der Waals surface area contributed by atoms with E-state index >= 15 is 0 Å². The van der Waals surface area contributed by atoms with Gasteiger partial charge in [0.25, 0.3) is 5.91 Å². The predicted molar refractivity (Wildman–Crippen MR) is 105 cm³/mol. The number of fused-ring (bicyclic) bond motifs is 1. The number of amidine groups is 1. The van der Waals surface area contributed by atoms with Crippen LogP contribution in [0.15, 0.2) is 35.2 Å². The summed E-state index contributed by atoms with van der Waals surface area (Å²) >= 11 is 1.04. The Labute approximate surface area is 164 Å². The molecule has 0 bridgehead atoms. The summed E-state index contributed by atoms with van der Waals surface area (Å²) in [4.78, 5) is 14.6. The minimum atomic E-state index is -0.333. The Bertz CT molecular complexity index is 994. The molecule has 1 fully saturated rings. The van der Waals surface area contributed by atoms with E-state index in [1.807, 2.05) is 0 Å². The molecule has 144 valence electrons. The summed E-state index contributed by atoms with van der Waals surface area (Å²) in [5.41, 5.74) is 1.12. The highest BCUT2D eigenvalue weighted by Gasteiger charge is 2.34. The second-order valence-electron chi connectivity index (χ2n) is 5.87. The second kappa shape index (κ2) is 7.01. The summed E-state index contributed by atoms with van der Waals surface area (Å²) < 4.78 is 20.9. The van der Waals surface area contributed by atoms with Crippen molar-refractivity contribution in [3.05, 3.63) is 40.8 Å². The molecule has 0 aromatic heterocycles. The van der Waals surface area contributed by atoms with Crippen molar-refractivity contribution in [2.45, 2.75) is 0 Å². The number of hydrogen-bond donors (Lipinski definition) is 2. The van der Waals surface area contributed by atoms with E-state index in [0.717, 1.165) is 11.8 Å². The van der Waals surface area contributed by atoms with E-state index in [0.29, 0.717) is 27.7 Å². The molecule has 1 saturated heterocycles. The summed E-state index contributed by atoms with van der Waals surface area (Å²) in [5, 5.41) is 18.3. The highest BCUT2D eigenvalue weighted by molar-refractivity contribution is 8.19. The van der Waals surface area contributed by atoms with Gasteiger partial charge >= 0.3 is 0 Å². The number of ether oxygens (including phenoxy) is 4. The summed E-state index contributed by atoms with van der Waals surface area (Å²) in [7, 11) is 2.86. The number of carbonyl (C=O) groups is 1. The van der Waals surface area contributed by atoms with Crippen LogP contribution in [0.2, 0.25) is 0 Å². The zero-order valence-corrected chi connectivity index (χ0v) is 15.8. The first-order valence-electron chi connectivity index (χ1n) is 8.19. The van der Waals surface area contributed by atoms with Crippen LogP contribution in [0.1, 0.15) is 5.56 Å². The molecule has 0 unspecified atom stereocenters. The molecule has 2 aliphatic rings. The first-order valence-corrected chi connectivity index (χ1v) is 9.00. The van der Waals surface area contributed by atoms with Gasteiger partial charge in [0.1, 0.15) is 0 Å². The van der Waals surface area contributed by atoms with E-state index in [-0.39, 0.29) is 35.1 Å². The average Bonchev–Trinajstić information content (AvgIpc) is 3.26. The fourth-order valence-corrected chi connectivity index (χ4v) is 3.76. The van der Waals surface area contributed by atoms with E-state index < -0.39 is 0 Å². The average molecular weight is 400 g/mol. The summed E-state index contributed by atoms with van der Waals surface area (Å²) in [5.74, 6) is 1.14. The number of thioether (sulfide) groups is 1. The maximum Gasteiger partial charge on any atom is 0.271 e. The molecular weight excluding hydrogens is 384 g/mol. The number of phenolic OH excluding ortho intramolecular Hbond substituents is 1. The zero-order valence-electron chi connectivity index (χ0n) is 15.0. The van der Waals surface area contributed by atoms with Crippen LogP contribution >= 0.6 is 11.8 Å². The van der Waals surface area contributed by atoms with Gasteiger partial charge in [0.05, 0.1) is 24.8 Å². The maximum atomic E-state index is 12.9. The number of benzene rings is 2. The van der Waals surface area contributed by atoms with Crippen molar-refractivity contribution in [1.82, 2.24) is 0 Å². The third kappa shape index (κ3) is 2.99. The number of amides is 1. The number of rotatable bonds is 4. The smallest absolute Gasteiger partial charge is 0.271 e. The first-order chi connectivity index (χ1) is 13.5. The molecule has 2 aromatic carbocycles. The van der Waals surface area contributed by atoms with Gasteiger partial charge < -0.3 is 24.1 Å². The molecule has 4 rings (SSSR count). The largest absolute Gasteiger partial charge is 0.502 e. The van der Waals surface area contributed by atoms with Crippen LogP contribution < -0.4 is 23.8 Å². The molecular formula is C19H16N2O6S. The van der Waals surface area contributed by atoms with Crippen LogP contribution in [-0.2, 0) is 4.79 Å². The van der Waals surface area contributed by atoms with Crippen molar-refractivity contribution in [3.63, 3.8) is 0 Å². The lowest BCUT2D eigenvalue weighted by Gasteiger charge is -2.14. The van der Waals surface area contributed by atoms with Crippen molar-refractivity contribution in [2.75, 3.05) is 25.9 Å². The van der Waals surface area contributed by atoms with Crippen LogP contribution in [0.5, 0.6) is 28.7 Å². The standard InChI is InChI=1S/C19H16N2O6S/c1-24-14-5-10(6-15(25-2)17(14)22)7-16-18(23)21(19(20)28-16)11-3-4-12-13(8-11)27-9-26-12/h3-8,20,22H,9H2,1-2H3/b16-7+,20-19?. The van der Waals surface area contributed by atoms with E-state index in [2.05, 4.69) is 0 Å². The lowest BCUT2D eigenvalue weighted by molar-refractivity contribution is -0.113. The predicted octanol–water partition coefficient (Wildman–Crippen LogP) is 3.19. The molecule has 2 heterocycles. The van der Waals surface area contributed by atoms with E-state index in [1.165, 1.54) is 19.1 Å².